The highest BCUT2D eigenvalue weighted by Gasteiger charge is 2.18. The molecule has 1 aliphatic heterocycles. The van der Waals surface area contributed by atoms with E-state index in [1.165, 1.54) is 18.4 Å². The molecule has 1 aromatic heterocycles. The first-order chi connectivity index (χ1) is 8.83. The van der Waals surface area contributed by atoms with Gasteiger partial charge in [0.05, 0.1) is 5.69 Å². The quantitative estimate of drug-likeness (QED) is 0.882. The van der Waals surface area contributed by atoms with Crippen molar-refractivity contribution >= 4 is 0 Å². The second-order valence-corrected chi connectivity index (χ2v) is 4.84. The summed E-state index contributed by atoms with van der Waals surface area (Å²) in [6.07, 6.45) is 3.35. The maximum absolute atomic E-state index is 4.15. The molecule has 0 radical (unpaired) electrons. The van der Waals surface area contributed by atoms with E-state index >= 15 is 0 Å². The molecule has 5 nitrogen and oxygen atoms in total. The van der Waals surface area contributed by atoms with Crippen molar-refractivity contribution in [2.75, 3.05) is 6.54 Å². The van der Waals surface area contributed by atoms with E-state index in [0.29, 0.717) is 6.04 Å². The van der Waals surface area contributed by atoms with Crippen molar-refractivity contribution in [3.63, 3.8) is 0 Å². The molecule has 94 valence electrons. The molecule has 1 fully saturated rings. The molecule has 2 heterocycles. The first kappa shape index (κ1) is 11.3. The molecule has 0 aliphatic carbocycles. The molecule has 0 bridgehead atoms. The molecule has 1 N–H and O–H groups in total. The van der Waals surface area contributed by atoms with Gasteiger partial charge in [0, 0.05) is 12.5 Å². The van der Waals surface area contributed by atoms with E-state index in [-0.39, 0.29) is 0 Å². The van der Waals surface area contributed by atoms with Crippen LogP contribution in [0.4, 0.5) is 0 Å². The molecular formula is C13H17N5. The van der Waals surface area contributed by atoms with Crippen LogP contribution in [-0.4, -0.2) is 32.8 Å². The molecule has 1 aliphatic rings. The number of hydrogen-bond acceptors (Lipinski definition) is 4. The van der Waals surface area contributed by atoms with Gasteiger partial charge in [-0.3, -0.25) is 0 Å². The first-order valence-electron chi connectivity index (χ1n) is 6.40. The van der Waals surface area contributed by atoms with Crippen molar-refractivity contribution in [3.05, 3.63) is 35.7 Å². The minimum absolute atomic E-state index is 0.513. The predicted octanol–water partition coefficient (Wildman–Crippen LogP) is 1.27. The zero-order valence-corrected chi connectivity index (χ0v) is 10.5. The molecule has 5 heteroatoms. The smallest absolute Gasteiger partial charge is 0.158 e. The van der Waals surface area contributed by atoms with E-state index in [4.69, 9.17) is 0 Å². The lowest BCUT2D eigenvalue weighted by atomic mass is 10.1. The Morgan fingerprint density at radius 3 is 3.17 bits per heavy atom. The van der Waals surface area contributed by atoms with Crippen LogP contribution in [0.5, 0.6) is 0 Å². The summed E-state index contributed by atoms with van der Waals surface area (Å²) >= 11 is 0. The Kier molecular flexibility index (Phi) is 3.06. The van der Waals surface area contributed by atoms with Crippen molar-refractivity contribution in [2.45, 2.75) is 32.2 Å². The number of rotatable bonds is 3. The van der Waals surface area contributed by atoms with E-state index in [1.807, 2.05) is 16.8 Å². The van der Waals surface area contributed by atoms with Crippen LogP contribution in [-0.2, 0) is 6.42 Å². The summed E-state index contributed by atoms with van der Waals surface area (Å²) in [5.41, 5.74) is 2.25. The number of tetrazole rings is 1. The lowest BCUT2D eigenvalue weighted by Gasteiger charge is -2.10. The molecule has 1 unspecified atom stereocenters. The van der Waals surface area contributed by atoms with Gasteiger partial charge in [0.25, 0.3) is 0 Å². The molecule has 0 amide bonds. The average molecular weight is 243 g/mol. The van der Waals surface area contributed by atoms with Crippen molar-refractivity contribution in [1.82, 2.24) is 25.5 Å². The van der Waals surface area contributed by atoms with Crippen molar-refractivity contribution in [2.24, 2.45) is 0 Å². The van der Waals surface area contributed by atoms with Gasteiger partial charge in [-0.2, -0.15) is 4.68 Å². The van der Waals surface area contributed by atoms with Crippen molar-refractivity contribution < 1.29 is 0 Å². The van der Waals surface area contributed by atoms with E-state index in [2.05, 4.69) is 39.9 Å². The highest BCUT2D eigenvalue weighted by atomic mass is 15.5. The fraction of sp³-hybridized carbons (Fsp3) is 0.462. The maximum atomic E-state index is 4.15. The van der Waals surface area contributed by atoms with E-state index in [0.717, 1.165) is 24.5 Å². The highest BCUT2D eigenvalue weighted by Crippen LogP contribution is 2.14. The Hall–Kier alpha value is -1.75. The Labute approximate surface area is 106 Å². The fourth-order valence-electron chi connectivity index (χ4n) is 2.44. The van der Waals surface area contributed by atoms with Crippen LogP contribution in [0, 0.1) is 6.92 Å². The maximum Gasteiger partial charge on any atom is 0.158 e. The highest BCUT2D eigenvalue weighted by molar-refractivity contribution is 5.34. The van der Waals surface area contributed by atoms with Crippen LogP contribution in [0.2, 0.25) is 0 Å². The Morgan fingerprint density at radius 1 is 1.44 bits per heavy atom. The van der Waals surface area contributed by atoms with Gasteiger partial charge in [-0.15, -0.1) is 5.10 Å². The fourth-order valence-corrected chi connectivity index (χ4v) is 2.44. The molecule has 0 spiro atoms. The van der Waals surface area contributed by atoms with Crippen LogP contribution in [0.15, 0.2) is 24.3 Å². The predicted molar refractivity (Wildman–Crippen MR) is 68.6 cm³/mol. The molecule has 2 aromatic rings. The minimum Gasteiger partial charge on any atom is -0.314 e. The second kappa shape index (κ2) is 4.86. The summed E-state index contributed by atoms with van der Waals surface area (Å²) in [6.45, 7) is 3.18. The molecule has 3 rings (SSSR count). The van der Waals surface area contributed by atoms with Crippen LogP contribution < -0.4 is 5.32 Å². The second-order valence-electron chi connectivity index (χ2n) is 4.84. The van der Waals surface area contributed by atoms with Gasteiger partial charge in [-0.25, -0.2) is 0 Å². The molecule has 18 heavy (non-hydrogen) atoms. The van der Waals surface area contributed by atoms with Gasteiger partial charge >= 0.3 is 0 Å². The zero-order valence-electron chi connectivity index (χ0n) is 10.5. The summed E-state index contributed by atoms with van der Waals surface area (Å²) < 4.78 is 1.84. The molecular weight excluding hydrogens is 226 g/mol. The first-order valence-corrected chi connectivity index (χ1v) is 6.40. The minimum atomic E-state index is 0.513. The SMILES string of the molecule is Cc1cccc(-n2nnnc2CC2CCCN2)c1. The van der Waals surface area contributed by atoms with Crippen molar-refractivity contribution in [3.8, 4) is 5.69 Å². The zero-order chi connectivity index (χ0) is 12.4. The monoisotopic (exact) mass is 243 g/mol. The number of benzene rings is 1. The molecule has 0 saturated carbocycles. The lowest BCUT2D eigenvalue weighted by Crippen LogP contribution is -2.25. The Balaban J connectivity index is 1.86. The summed E-state index contributed by atoms with van der Waals surface area (Å²) in [6, 6.07) is 8.76. The third-order valence-electron chi connectivity index (χ3n) is 3.37. The van der Waals surface area contributed by atoms with Gasteiger partial charge in [-0.1, -0.05) is 12.1 Å². The van der Waals surface area contributed by atoms with Crippen LogP contribution in [0.1, 0.15) is 24.2 Å². The normalized spacial score (nSPS) is 19.3. The summed E-state index contributed by atoms with van der Waals surface area (Å²) in [5, 5.41) is 15.5. The molecule has 1 saturated heterocycles. The summed E-state index contributed by atoms with van der Waals surface area (Å²) in [5.74, 6) is 0.931. The van der Waals surface area contributed by atoms with Gasteiger partial charge in [-0.05, 0) is 54.4 Å². The van der Waals surface area contributed by atoms with Gasteiger partial charge in [0.15, 0.2) is 5.82 Å². The standard InChI is InChI=1S/C13H17N5/c1-10-4-2-6-12(8-10)18-13(15-16-17-18)9-11-5-3-7-14-11/h2,4,6,8,11,14H,3,5,7,9H2,1H3. The van der Waals surface area contributed by atoms with Gasteiger partial charge in [0.1, 0.15) is 0 Å². The average Bonchev–Trinajstić information content (AvgIpc) is 3.01. The summed E-state index contributed by atoms with van der Waals surface area (Å²) in [7, 11) is 0. The summed E-state index contributed by atoms with van der Waals surface area (Å²) in [4.78, 5) is 0. The Morgan fingerprint density at radius 2 is 2.39 bits per heavy atom. The molecule has 1 atom stereocenters. The van der Waals surface area contributed by atoms with Gasteiger partial charge in [0.2, 0.25) is 0 Å². The largest absolute Gasteiger partial charge is 0.314 e. The third kappa shape index (κ3) is 2.26. The molecule has 1 aromatic carbocycles. The van der Waals surface area contributed by atoms with Crippen LogP contribution >= 0.6 is 0 Å². The number of nitrogens with zero attached hydrogens (tertiary/aromatic N) is 4. The number of hydrogen-bond donors (Lipinski definition) is 1. The van der Waals surface area contributed by atoms with Crippen molar-refractivity contribution in [1.29, 1.82) is 0 Å². The van der Waals surface area contributed by atoms with Gasteiger partial charge < -0.3 is 5.32 Å². The van der Waals surface area contributed by atoms with E-state index in [1.54, 1.807) is 0 Å². The van der Waals surface area contributed by atoms with Crippen LogP contribution in [0.3, 0.4) is 0 Å². The topological polar surface area (TPSA) is 55.6 Å². The number of aryl methyl sites for hydroxylation is 1. The van der Waals surface area contributed by atoms with Crippen LogP contribution in [0.25, 0.3) is 5.69 Å². The Bertz CT molecular complexity index is 528. The lowest BCUT2D eigenvalue weighted by molar-refractivity contribution is 0.575. The number of nitrogens with one attached hydrogen (secondary N) is 1. The number of aromatic nitrogens is 4. The van der Waals surface area contributed by atoms with E-state index < -0.39 is 0 Å². The van der Waals surface area contributed by atoms with E-state index in [9.17, 15) is 0 Å². The third-order valence-corrected chi connectivity index (χ3v) is 3.37.